The van der Waals surface area contributed by atoms with Gasteiger partial charge in [0, 0.05) is 5.56 Å². The van der Waals surface area contributed by atoms with Gasteiger partial charge in [-0.25, -0.2) is 0 Å². The maximum absolute atomic E-state index is 11.9. The number of hydrogen-bond donors (Lipinski definition) is 3. The van der Waals surface area contributed by atoms with Gasteiger partial charge in [-0.3, -0.25) is 4.79 Å². The van der Waals surface area contributed by atoms with Crippen LogP contribution in [0.1, 0.15) is 28.8 Å². The zero-order valence-corrected chi connectivity index (χ0v) is 9.60. The summed E-state index contributed by atoms with van der Waals surface area (Å²) in [6.07, 6.45) is 1.42. The Labute approximate surface area is 99.3 Å². The molecule has 90 valence electrons. The van der Waals surface area contributed by atoms with Gasteiger partial charge >= 0.3 is 0 Å². The van der Waals surface area contributed by atoms with Gasteiger partial charge in [-0.05, 0) is 31.9 Å². The molecule has 0 unspecified atom stereocenters. The number of oxime groups is 1. The zero-order chi connectivity index (χ0) is 12.5. The second kappa shape index (κ2) is 4.08. The molecule has 0 radical (unpaired) electrons. The first-order valence-corrected chi connectivity index (χ1v) is 5.44. The lowest BCUT2D eigenvalue weighted by molar-refractivity contribution is 0.0942. The zero-order valence-electron chi connectivity index (χ0n) is 9.60. The normalized spacial score (nSPS) is 17.6. The Morgan fingerprint density at radius 2 is 2.00 bits per heavy atom. The van der Waals surface area contributed by atoms with Gasteiger partial charge in [-0.2, -0.15) is 0 Å². The lowest BCUT2D eigenvalue weighted by Gasteiger charge is -2.15. The Kier molecular flexibility index (Phi) is 2.75. The Morgan fingerprint density at radius 1 is 1.41 bits per heavy atom. The van der Waals surface area contributed by atoms with Gasteiger partial charge in [-0.15, -0.1) is 0 Å². The quantitative estimate of drug-likeness (QED) is 0.315. The van der Waals surface area contributed by atoms with E-state index in [0.29, 0.717) is 18.4 Å². The highest BCUT2D eigenvalue weighted by Crippen LogP contribution is 2.35. The Hall–Kier alpha value is -2.04. The summed E-state index contributed by atoms with van der Waals surface area (Å²) in [4.78, 5) is 11.9. The molecule has 1 saturated carbocycles. The smallest absolute Gasteiger partial charge is 0.252 e. The summed E-state index contributed by atoms with van der Waals surface area (Å²) in [7, 11) is 0. The van der Waals surface area contributed by atoms with Crippen LogP contribution >= 0.6 is 0 Å². The number of nitrogens with one attached hydrogen (secondary N) is 1. The molecule has 1 aliphatic carbocycles. The Balaban J connectivity index is 2.10. The van der Waals surface area contributed by atoms with Crippen LogP contribution in [0.2, 0.25) is 0 Å². The summed E-state index contributed by atoms with van der Waals surface area (Å²) in [5, 5.41) is 14.4. The summed E-state index contributed by atoms with van der Waals surface area (Å²) in [6.45, 7) is 1.96. The number of nitrogens with two attached hydrogens (primary N) is 1. The average molecular weight is 233 g/mol. The fraction of sp³-hybridized carbons (Fsp3) is 0.333. The van der Waals surface area contributed by atoms with Gasteiger partial charge < -0.3 is 16.3 Å². The topological polar surface area (TPSA) is 87.7 Å². The minimum atomic E-state index is -0.642. The Bertz CT molecular complexity index is 461. The first kappa shape index (κ1) is 11.4. The van der Waals surface area contributed by atoms with Crippen LogP contribution in [0.25, 0.3) is 0 Å². The third-order valence-electron chi connectivity index (χ3n) is 3.01. The van der Waals surface area contributed by atoms with Crippen molar-refractivity contribution in [2.45, 2.75) is 25.3 Å². The summed E-state index contributed by atoms with van der Waals surface area (Å²) in [6, 6.07) is 7.26. The largest absolute Gasteiger partial charge is 0.409 e. The summed E-state index contributed by atoms with van der Waals surface area (Å²) >= 11 is 0. The number of carbonyl (C=O) groups excluding carboxylic acids is 1. The van der Waals surface area contributed by atoms with Crippen LogP contribution in [-0.2, 0) is 0 Å². The molecule has 5 nitrogen and oxygen atoms in total. The number of benzene rings is 1. The molecule has 1 aromatic rings. The van der Waals surface area contributed by atoms with Crippen LogP contribution in [0.4, 0.5) is 0 Å². The fourth-order valence-corrected chi connectivity index (χ4v) is 1.66. The van der Waals surface area contributed by atoms with E-state index in [9.17, 15) is 4.79 Å². The first-order chi connectivity index (χ1) is 8.07. The first-order valence-electron chi connectivity index (χ1n) is 5.44. The van der Waals surface area contributed by atoms with Gasteiger partial charge in [0.05, 0.1) is 0 Å². The SMILES string of the molecule is Cc1ccc(C(=O)NC2(/C(N)=N/O)CC2)cc1. The van der Waals surface area contributed by atoms with Crippen molar-refractivity contribution < 1.29 is 10.0 Å². The van der Waals surface area contributed by atoms with E-state index in [0.717, 1.165) is 5.56 Å². The molecule has 0 atom stereocenters. The second-order valence-electron chi connectivity index (χ2n) is 4.39. The molecule has 17 heavy (non-hydrogen) atoms. The van der Waals surface area contributed by atoms with Gasteiger partial charge in [0.1, 0.15) is 5.54 Å². The van der Waals surface area contributed by atoms with E-state index in [2.05, 4.69) is 10.5 Å². The van der Waals surface area contributed by atoms with Gasteiger partial charge in [0.25, 0.3) is 5.91 Å². The van der Waals surface area contributed by atoms with Crippen molar-refractivity contribution in [3.63, 3.8) is 0 Å². The molecule has 0 aliphatic heterocycles. The Morgan fingerprint density at radius 3 is 2.47 bits per heavy atom. The van der Waals surface area contributed by atoms with Crippen molar-refractivity contribution in [3.8, 4) is 0 Å². The molecule has 1 fully saturated rings. The molecule has 0 spiro atoms. The molecule has 0 saturated heterocycles. The molecule has 1 amide bonds. The van der Waals surface area contributed by atoms with Crippen LogP contribution in [0.3, 0.4) is 0 Å². The van der Waals surface area contributed by atoms with Crippen molar-refractivity contribution in [1.82, 2.24) is 5.32 Å². The number of rotatable bonds is 3. The monoisotopic (exact) mass is 233 g/mol. The molecule has 5 heteroatoms. The van der Waals surface area contributed by atoms with E-state index >= 15 is 0 Å². The van der Waals surface area contributed by atoms with Crippen molar-refractivity contribution >= 4 is 11.7 Å². The standard InChI is InChI=1S/C12H15N3O2/c1-8-2-4-9(5-3-8)10(16)14-12(6-7-12)11(13)15-17/h2-5,17H,6-7H2,1H3,(H2,13,15)(H,14,16). The maximum atomic E-state index is 11.9. The predicted octanol–water partition coefficient (Wildman–Crippen LogP) is 1.00. The van der Waals surface area contributed by atoms with Gasteiger partial charge in [0.2, 0.25) is 0 Å². The van der Waals surface area contributed by atoms with E-state index in [-0.39, 0.29) is 11.7 Å². The minimum Gasteiger partial charge on any atom is -0.409 e. The molecule has 0 bridgehead atoms. The van der Waals surface area contributed by atoms with E-state index in [1.54, 1.807) is 12.1 Å². The minimum absolute atomic E-state index is 0.0676. The van der Waals surface area contributed by atoms with E-state index in [4.69, 9.17) is 10.9 Å². The molecular weight excluding hydrogens is 218 g/mol. The molecule has 4 N–H and O–H groups in total. The summed E-state index contributed by atoms with van der Waals surface area (Å²) in [5.41, 5.74) is 6.58. The third kappa shape index (κ3) is 2.22. The lowest BCUT2D eigenvalue weighted by atomic mass is 10.1. The molecule has 1 aromatic carbocycles. The van der Waals surface area contributed by atoms with E-state index in [1.807, 2.05) is 19.1 Å². The molecule has 0 aromatic heterocycles. The highest BCUT2D eigenvalue weighted by atomic mass is 16.4. The number of amides is 1. The highest BCUT2D eigenvalue weighted by Gasteiger charge is 2.48. The van der Waals surface area contributed by atoms with Crippen molar-refractivity contribution in [2.24, 2.45) is 10.9 Å². The van der Waals surface area contributed by atoms with Crippen LogP contribution in [0.15, 0.2) is 29.4 Å². The van der Waals surface area contributed by atoms with E-state index in [1.165, 1.54) is 0 Å². The van der Waals surface area contributed by atoms with Crippen LogP contribution < -0.4 is 11.1 Å². The van der Waals surface area contributed by atoms with E-state index < -0.39 is 5.54 Å². The average Bonchev–Trinajstić information content (AvgIpc) is 3.09. The number of carbonyl (C=O) groups is 1. The summed E-state index contributed by atoms with van der Waals surface area (Å²) < 4.78 is 0. The molecule has 0 heterocycles. The van der Waals surface area contributed by atoms with Gasteiger partial charge in [-0.1, -0.05) is 22.9 Å². The number of aryl methyl sites for hydroxylation is 1. The molecule has 2 rings (SSSR count). The van der Waals surface area contributed by atoms with Crippen LogP contribution in [0.5, 0.6) is 0 Å². The predicted molar refractivity (Wildman–Crippen MR) is 64.0 cm³/mol. The fourth-order valence-electron chi connectivity index (χ4n) is 1.66. The third-order valence-corrected chi connectivity index (χ3v) is 3.01. The van der Waals surface area contributed by atoms with Crippen LogP contribution in [-0.4, -0.2) is 22.5 Å². The van der Waals surface area contributed by atoms with Crippen molar-refractivity contribution in [3.05, 3.63) is 35.4 Å². The maximum Gasteiger partial charge on any atom is 0.252 e. The van der Waals surface area contributed by atoms with Crippen LogP contribution in [0, 0.1) is 6.92 Å². The molecule has 1 aliphatic rings. The van der Waals surface area contributed by atoms with Crippen molar-refractivity contribution in [2.75, 3.05) is 0 Å². The lowest BCUT2D eigenvalue weighted by Crippen LogP contribution is -2.46. The second-order valence-corrected chi connectivity index (χ2v) is 4.39. The molecular formula is C12H15N3O2. The number of nitrogens with zero attached hydrogens (tertiary/aromatic N) is 1. The summed E-state index contributed by atoms with van der Waals surface area (Å²) in [5.74, 6) is -0.132. The number of amidine groups is 1. The van der Waals surface area contributed by atoms with Gasteiger partial charge in [0.15, 0.2) is 5.84 Å². The van der Waals surface area contributed by atoms with Crippen molar-refractivity contribution in [1.29, 1.82) is 0 Å². The number of hydrogen-bond acceptors (Lipinski definition) is 3. The highest BCUT2D eigenvalue weighted by molar-refractivity contribution is 6.01.